The van der Waals surface area contributed by atoms with Crippen molar-refractivity contribution in [3.63, 3.8) is 0 Å². The second-order valence-corrected chi connectivity index (χ2v) is 8.47. The average Bonchev–Trinajstić information content (AvgIpc) is 3.35. The summed E-state index contributed by atoms with van der Waals surface area (Å²) in [5.41, 5.74) is 3.36. The molecule has 6 nitrogen and oxygen atoms in total. The second kappa shape index (κ2) is 12.6. The van der Waals surface area contributed by atoms with Gasteiger partial charge in [0.15, 0.2) is 0 Å². The van der Waals surface area contributed by atoms with E-state index in [0.717, 1.165) is 47.3 Å². The summed E-state index contributed by atoms with van der Waals surface area (Å²) in [6.45, 7) is 5.09. The van der Waals surface area contributed by atoms with E-state index in [0.29, 0.717) is 13.2 Å². The van der Waals surface area contributed by atoms with Crippen LogP contribution in [0, 0.1) is 0 Å². The van der Waals surface area contributed by atoms with Gasteiger partial charge in [0.25, 0.3) is 0 Å². The summed E-state index contributed by atoms with van der Waals surface area (Å²) in [6, 6.07) is 25.4. The number of nitrogens with one attached hydrogen (secondary N) is 1. The molecule has 35 heavy (non-hydrogen) atoms. The lowest BCUT2D eigenvalue weighted by molar-refractivity contribution is 0.217. The van der Waals surface area contributed by atoms with Crippen molar-refractivity contribution in [2.45, 2.75) is 26.3 Å². The third-order valence-corrected chi connectivity index (χ3v) is 5.62. The number of ether oxygens (including phenoxy) is 3. The largest absolute Gasteiger partial charge is 0.490 e. The van der Waals surface area contributed by atoms with Crippen molar-refractivity contribution in [1.82, 2.24) is 15.1 Å². The van der Waals surface area contributed by atoms with Crippen LogP contribution in [-0.2, 0) is 6.54 Å². The molecule has 0 bridgehead atoms. The van der Waals surface area contributed by atoms with Crippen molar-refractivity contribution in [2.24, 2.45) is 0 Å². The van der Waals surface area contributed by atoms with Gasteiger partial charge in [-0.15, -0.1) is 0 Å². The number of H-pyrrole nitrogens is 1. The number of hydrogen-bond donors (Lipinski definition) is 1. The smallest absolute Gasteiger partial charge is 0.127 e. The fraction of sp³-hybridized carbons (Fsp3) is 0.276. The normalized spacial score (nSPS) is 10.9. The maximum Gasteiger partial charge on any atom is 0.127 e. The van der Waals surface area contributed by atoms with E-state index in [9.17, 15) is 0 Å². The standard InChI is InChI=1S/C29H33N3O3/c1-3-4-18-32(2)22-24-21-30-31-29(24)23-10-12-25(13-11-23)33-19-20-34-26-14-16-28(17-15-26)35-27-8-6-5-7-9-27/h5-17,21H,3-4,18-20,22H2,1-2H3,(H,30,31). The van der Waals surface area contributed by atoms with Gasteiger partial charge >= 0.3 is 0 Å². The Hall–Kier alpha value is -3.77. The van der Waals surface area contributed by atoms with Gasteiger partial charge < -0.3 is 19.1 Å². The third-order valence-electron chi connectivity index (χ3n) is 5.62. The molecule has 0 spiro atoms. The van der Waals surface area contributed by atoms with Gasteiger partial charge in [0.2, 0.25) is 0 Å². The minimum Gasteiger partial charge on any atom is -0.490 e. The Kier molecular flexibility index (Phi) is 8.79. The van der Waals surface area contributed by atoms with Gasteiger partial charge in [0.1, 0.15) is 36.2 Å². The Labute approximate surface area is 207 Å². The first-order valence-corrected chi connectivity index (χ1v) is 12.1. The Morgan fingerprint density at radius 2 is 1.37 bits per heavy atom. The first-order valence-electron chi connectivity index (χ1n) is 12.1. The molecule has 0 aliphatic carbocycles. The summed E-state index contributed by atoms with van der Waals surface area (Å²) >= 11 is 0. The molecule has 6 heteroatoms. The molecule has 182 valence electrons. The quantitative estimate of drug-likeness (QED) is 0.224. The molecule has 0 saturated carbocycles. The lowest BCUT2D eigenvalue weighted by atomic mass is 10.1. The molecule has 1 aromatic heterocycles. The van der Waals surface area contributed by atoms with Gasteiger partial charge in [-0.3, -0.25) is 5.10 Å². The SMILES string of the molecule is CCCCN(C)Cc1cn[nH]c1-c1ccc(OCCOc2ccc(Oc3ccccc3)cc2)cc1. The van der Waals surface area contributed by atoms with Crippen LogP contribution in [0.1, 0.15) is 25.3 Å². The lowest BCUT2D eigenvalue weighted by Crippen LogP contribution is -2.19. The van der Waals surface area contributed by atoms with Crippen molar-refractivity contribution in [3.8, 4) is 34.3 Å². The summed E-state index contributed by atoms with van der Waals surface area (Å²) in [4.78, 5) is 2.33. The number of nitrogens with zero attached hydrogens (tertiary/aromatic N) is 2. The predicted molar refractivity (Wildman–Crippen MR) is 139 cm³/mol. The van der Waals surface area contributed by atoms with Gasteiger partial charge in [-0.05, 0) is 80.7 Å². The van der Waals surface area contributed by atoms with Crippen molar-refractivity contribution in [2.75, 3.05) is 26.8 Å². The Balaban J connectivity index is 1.22. The Morgan fingerprint density at radius 1 is 0.771 bits per heavy atom. The number of para-hydroxylation sites is 1. The van der Waals surface area contributed by atoms with E-state index in [1.807, 2.05) is 72.9 Å². The van der Waals surface area contributed by atoms with Crippen LogP contribution in [0.5, 0.6) is 23.0 Å². The minimum atomic E-state index is 0.454. The molecule has 4 aromatic rings. The molecule has 1 N–H and O–H groups in total. The van der Waals surface area contributed by atoms with Crippen molar-refractivity contribution in [3.05, 3.63) is 90.6 Å². The lowest BCUT2D eigenvalue weighted by Gasteiger charge is -2.16. The highest BCUT2D eigenvalue weighted by atomic mass is 16.5. The van der Waals surface area contributed by atoms with Gasteiger partial charge in [-0.25, -0.2) is 0 Å². The summed E-state index contributed by atoms with van der Waals surface area (Å²) in [7, 11) is 2.15. The van der Waals surface area contributed by atoms with Crippen molar-refractivity contribution < 1.29 is 14.2 Å². The van der Waals surface area contributed by atoms with Crippen molar-refractivity contribution >= 4 is 0 Å². The molecule has 0 aliphatic heterocycles. The number of aromatic nitrogens is 2. The monoisotopic (exact) mass is 471 g/mol. The first-order chi connectivity index (χ1) is 17.2. The fourth-order valence-corrected chi connectivity index (χ4v) is 3.74. The molecule has 0 atom stereocenters. The number of benzene rings is 3. The third kappa shape index (κ3) is 7.36. The average molecular weight is 472 g/mol. The zero-order valence-electron chi connectivity index (χ0n) is 20.4. The maximum atomic E-state index is 5.86. The zero-order chi connectivity index (χ0) is 24.3. The molecular weight excluding hydrogens is 438 g/mol. The molecular formula is C29H33N3O3. The molecule has 0 amide bonds. The highest BCUT2D eigenvalue weighted by Gasteiger charge is 2.10. The Bertz CT molecular complexity index is 1140. The highest BCUT2D eigenvalue weighted by molar-refractivity contribution is 5.63. The summed E-state index contributed by atoms with van der Waals surface area (Å²) in [5.74, 6) is 3.17. The van der Waals surface area contributed by atoms with Crippen molar-refractivity contribution in [1.29, 1.82) is 0 Å². The van der Waals surface area contributed by atoms with Gasteiger partial charge in [-0.2, -0.15) is 5.10 Å². The molecule has 0 saturated heterocycles. The van der Waals surface area contributed by atoms with E-state index in [1.165, 1.54) is 18.4 Å². The predicted octanol–water partition coefficient (Wildman–Crippen LogP) is 6.56. The van der Waals surface area contributed by atoms with Gasteiger partial charge in [0.05, 0.1) is 11.9 Å². The van der Waals surface area contributed by atoms with E-state index in [-0.39, 0.29) is 0 Å². The van der Waals surface area contributed by atoms with E-state index in [4.69, 9.17) is 14.2 Å². The summed E-state index contributed by atoms with van der Waals surface area (Å²) in [5, 5.41) is 7.41. The first kappa shape index (κ1) is 24.4. The highest BCUT2D eigenvalue weighted by Crippen LogP contribution is 2.25. The Morgan fingerprint density at radius 3 is 2.03 bits per heavy atom. The van der Waals surface area contributed by atoms with Crippen LogP contribution >= 0.6 is 0 Å². The molecule has 1 heterocycles. The molecule has 0 aliphatic rings. The summed E-state index contributed by atoms with van der Waals surface area (Å²) < 4.78 is 17.5. The van der Waals surface area contributed by atoms with E-state index < -0.39 is 0 Å². The number of unbranched alkanes of at least 4 members (excludes halogenated alkanes) is 1. The van der Waals surface area contributed by atoms with Gasteiger partial charge in [-0.1, -0.05) is 31.5 Å². The van der Waals surface area contributed by atoms with Crippen LogP contribution in [0.4, 0.5) is 0 Å². The number of hydrogen-bond acceptors (Lipinski definition) is 5. The van der Waals surface area contributed by atoms with E-state index in [1.54, 1.807) is 0 Å². The van der Waals surface area contributed by atoms with Crippen LogP contribution in [0.2, 0.25) is 0 Å². The molecule has 0 unspecified atom stereocenters. The fourth-order valence-electron chi connectivity index (χ4n) is 3.74. The molecule has 0 fully saturated rings. The molecule has 0 radical (unpaired) electrons. The molecule has 3 aromatic carbocycles. The van der Waals surface area contributed by atoms with Crippen LogP contribution in [-0.4, -0.2) is 41.9 Å². The van der Waals surface area contributed by atoms with E-state index >= 15 is 0 Å². The number of rotatable bonds is 13. The topological polar surface area (TPSA) is 59.6 Å². The van der Waals surface area contributed by atoms with Crippen LogP contribution in [0.15, 0.2) is 85.1 Å². The summed E-state index contributed by atoms with van der Waals surface area (Å²) in [6.07, 6.45) is 4.32. The number of aromatic amines is 1. The molecule has 4 rings (SSSR count). The van der Waals surface area contributed by atoms with Gasteiger partial charge in [0, 0.05) is 17.7 Å². The zero-order valence-corrected chi connectivity index (χ0v) is 20.4. The maximum absolute atomic E-state index is 5.86. The van der Waals surface area contributed by atoms with Crippen LogP contribution < -0.4 is 14.2 Å². The van der Waals surface area contributed by atoms with Crippen LogP contribution in [0.25, 0.3) is 11.3 Å². The van der Waals surface area contributed by atoms with E-state index in [2.05, 4.69) is 41.2 Å². The minimum absolute atomic E-state index is 0.454. The second-order valence-electron chi connectivity index (χ2n) is 8.47. The van der Waals surface area contributed by atoms with Crippen LogP contribution in [0.3, 0.4) is 0 Å².